The van der Waals surface area contributed by atoms with Crippen LogP contribution < -0.4 is 20.1 Å². The number of nitrogens with one attached hydrogen (secondary N) is 2. The lowest BCUT2D eigenvalue weighted by Crippen LogP contribution is -2.46. The van der Waals surface area contributed by atoms with Crippen LogP contribution in [0.3, 0.4) is 0 Å². The summed E-state index contributed by atoms with van der Waals surface area (Å²) < 4.78 is 21.1. The third kappa shape index (κ3) is 8.26. The number of carbonyl (C=O) groups is 1. The van der Waals surface area contributed by atoms with Crippen molar-refractivity contribution in [2.24, 2.45) is 0 Å². The zero-order valence-electron chi connectivity index (χ0n) is 16.7. The Balaban J connectivity index is 1.76. The highest BCUT2D eigenvalue weighted by Crippen LogP contribution is 2.28. The largest absolute Gasteiger partial charge is 0.493 e. The molecule has 0 spiro atoms. The lowest BCUT2D eigenvalue weighted by atomic mass is 10.2. The van der Waals surface area contributed by atoms with Crippen molar-refractivity contribution in [3.05, 3.63) is 29.8 Å². The second-order valence-electron chi connectivity index (χ2n) is 6.29. The quantitative estimate of drug-likeness (QED) is 0.308. The third-order valence-corrected chi connectivity index (χ3v) is 4.28. The minimum atomic E-state index is -0.110. The summed E-state index contributed by atoms with van der Waals surface area (Å²) in [4.78, 5) is 14.3. The Kier molecular flexibility index (Phi) is 10.4. The number of nitrogens with zero attached hydrogens (tertiary/aromatic N) is 1. The summed E-state index contributed by atoms with van der Waals surface area (Å²) in [7, 11) is 3.19. The molecule has 8 nitrogen and oxygen atoms in total. The summed E-state index contributed by atoms with van der Waals surface area (Å²) in [6.45, 7) is 6.67. The molecule has 156 valence electrons. The van der Waals surface area contributed by atoms with Crippen LogP contribution in [0.15, 0.2) is 24.3 Å². The van der Waals surface area contributed by atoms with E-state index in [1.54, 1.807) is 26.4 Å². The molecule has 0 unspecified atom stereocenters. The Morgan fingerprint density at radius 2 is 2.04 bits per heavy atom. The molecule has 2 N–H and O–H groups in total. The van der Waals surface area contributed by atoms with E-state index in [-0.39, 0.29) is 12.7 Å². The fourth-order valence-electron chi connectivity index (χ4n) is 2.72. The van der Waals surface area contributed by atoms with E-state index in [9.17, 15) is 4.79 Å². The number of hydrogen-bond donors (Lipinski definition) is 2. The minimum Gasteiger partial charge on any atom is -0.493 e. The standard InChI is InChI=1S/C20H31N3O5/c1-25-13-14-27-16-28-18-5-3-17(15-19(18)26-2)4-6-20(24)22-9-12-23-10-7-21-8-11-23/h3-6,15,21H,7-14,16H2,1-2H3,(H,22,24)/b6-4+. The maximum atomic E-state index is 12.0. The molecule has 8 heteroatoms. The fraction of sp³-hybridized carbons (Fsp3) is 0.550. The molecule has 1 aliphatic heterocycles. The smallest absolute Gasteiger partial charge is 0.244 e. The molecule has 28 heavy (non-hydrogen) atoms. The Hall–Kier alpha value is -2.13. The van der Waals surface area contributed by atoms with Gasteiger partial charge in [-0.15, -0.1) is 0 Å². The lowest BCUT2D eigenvalue weighted by Gasteiger charge is -2.26. The van der Waals surface area contributed by atoms with Gasteiger partial charge in [-0.1, -0.05) is 6.07 Å². The van der Waals surface area contributed by atoms with Crippen LogP contribution in [0.1, 0.15) is 5.56 Å². The molecule has 0 bridgehead atoms. The Labute approximate surface area is 166 Å². The number of hydrogen-bond acceptors (Lipinski definition) is 7. The van der Waals surface area contributed by atoms with Crippen LogP contribution in [-0.4, -0.2) is 84.3 Å². The molecule has 1 fully saturated rings. The summed E-state index contributed by atoms with van der Waals surface area (Å²) in [6, 6.07) is 5.47. The van der Waals surface area contributed by atoms with Gasteiger partial charge in [0.25, 0.3) is 0 Å². The van der Waals surface area contributed by atoms with Gasteiger partial charge < -0.3 is 29.6 Å². The molecule has 1 aromatic carbocycles. The van der Waals surface area contributed by atoms with Gasteiger partial charge >= 0.3 is 0 Å². The van der Waals surface area contributed by atoms with E-state index in [1.165, 1.54) is 6.08 Å². The van der Waals surface area contributed by atoms with Crippen LogP contribution in [0.2, 0.25) is 0 Å². The first kappa shape index (κ1) is 22.2. The molecule has 1 heterocycles. The van der Waals surface area contributed by atoms with E-state index in [1.807, 2.05) is 12.1 Å². The first-order valence-electron chi connectivity index (χ1n) is 9.49. The normalized spacial score (nSPS) is 14.9. The Morgan fingerprint density at radius 3 is 2.79 bits per heavy atom. The van der Waals surface area contributed by atoms with Crippen molar-refractivity contribution in [2.75, 3.05) is 73.5 Å². The first-order valence-corrected chi connectivity index (χ1v) is 9.49. The van der Waals surface area contributed by atoms with Gasteiger partial charge in [0.2, 0.25) is 5.91 Å². The number of rotatable bonds is 12. The number of carbonyl (C=O) groups excluding carboxylic acids is 1. The summed E-state index contributed by atoms with van der Waals surface area (Å²) in [5.41, 5.74) is 0.849. The molecule has 1 aromatic rings. The molecule has 0 aromatic heterocycles. The molecule has 1 saturated heterocycles. The Morgan fingerprint density at radius 1 is 1.21 bits per heavy atom. The number of ether oxygens (including phenoxy) is 4. The predicted molar refractivity (Wildman–Crippen MR) is 108 cm³/mol. The molecular formula is C20H31N3O5. The highest BCUT2D eigenvalue weighted by atomic mass is 16.7. The van der Waals surface area contributed by atoms with E-state index in [4.69, 9.17) is 18.9 Å². The van der Waals surface area contributed by atoms with E-state index < -0.39 is 0 Å². The van der Waals surface area contributed by atoms with Crippen molar-refractivity contribution < 1.29 is 23.7 Å². The number of amides is 1. The first-order chi connectivity index (χ1) is 13.7. The molecule has 0 radical (unpaired) electrons. The van der Waals surface area contributed by atoms with E-state index in [0.717, 1.165) is 38.3 Å². The lowest BCUT2D eigenvalue weighted by molar-refractivity contribution is -0.116. The van der Waals surface area contributed by atoms with Crippen molar-refractivity contribution in [3.8, 4) is 11.5 Å². The van der Waals surface area contributed by atoms with Crippen molar-refractivity contribution in [1.82, 2.24) is 15.5 Å². The van der Waals surface area contributed by atoms with Gasteiger partial charge in [0, 0.05) is 52.5 Å². The number of piperazine rings is 1. The van der Waals surface area contributed by atoms with Gasteiger partial charge in [0.15, 0.2) is 18.3 Å². The van der Waals surface area contributed by atoms with Crippen molar-refractivity contribution in [1.29, 1.82) is 0 Å². The summed E-state index contributed by atoms with van der Waals surface area (Å²) >= 11 is 0. The summed E-state index contributed by atoms with van der Waals surface area (Å²) in [5, 5.41) is 6.23. The van der Waals surface area contributed by atoms with Crippen LogP contribution >= 0.6 is 0 Å². The van der Waals surface area contributed by atoms with E-state index in [0.29, 0.717) is 31.3 Å². The van der Waals surface area contributed by atoms with Crippen LogP contribution in [0.4, 0.5) is 0 Å². The maximum absolute atomic E-state index is 12.0. The Bertz CT molecular complexity index is 618. The average Bonchev–Trinajstić information content (AvgIpc) is 2.73. The summed E-state index contributed by atoms with van der Waals surface area (Å²) in [6.07, 6.45) is 3.28. The highest BCUT2D eigenvalue weighted by Gasteiger charge is 2.09. The SMILES string of the molecule is COCCOCOc1ccc(/C=C/C(=O)NCCN2CCNCC2)cc1OC. The molecule has 2 rings (SSSR count). The van der Waals surface area contributed by atoms with Gasteiger partial charge in [-0.2, -0.15) is 0 Å². The zero-order valence-corrected chi connectivity index (χ0v) is 16.7. The second kappa shape index (κ2) is 13.1. The molecular weight excluding hydrogens is 362 g/mol. The van der Waals surface area contributed by atoms with Crippen molar-refractivity contribution in [2.45, 2.75) is 0 Å². The number of benzene rings is 1. The van der Waals surface area contributed by atoms with Gasteiger partial charge in [-0.25, -0.2) is 0 Å². The van der Waals surface area contributed by atoms with Crippen LogP contribution in [0.25, 0.3) is 6.08 Å². The molecule has 0 aliphatic carbocycles. The van der Waals surface area contributed by atoms with Gasteiger partial charge in [-0.05, 0) is 23.8 Å². The number of methoxy groups -OCH3 is 2. The van der Waals surface area contributed by atoms with Crippen molar-refractivity contribution >= 4 is 12.0 Å². The molecule has 0 atom stereocenters. The second-order valence-corrected chi connectivity index (χ2v) is 6.29. The zero-order chi connectivity index (χ0) is 20.0. The average molecular weight is 393 g/mol. The monoisotopic (exact) mass is 393 g/mol. The molecule has 1 amide bonds. The van der Waals surface area contributed by atoms with Crippen LogP contribution in [0, 0.1) is 0 Å². The van der Waals surface area contributed by atoms with Gasteiger partial charge in [0.05, 0.1) is 20.3 Å². The third-order valence-electron chi connectivity index (χ3n) is 4.28. The van der Waals surface area contributed by atoms with Crippen molar-refractivity contribution in [3.63, 3.8) is 0 Å². The van der Waals surface area contributed by atoms with Crippen LogP contribution in [0.5, 0.6) is 11.5 Å². The van der Waals surface area contributed by atoms with Gasteiger partial charge in [-0.3, -0.25) is 9.69 Å². The predicted octanol–water partition coefficient (Wildman–Crippen LogP) is 0.729. The van der Waals surface area contributed by atoms with E-state index >= 15 is 0 Å². The molecule has 0 saturated carbocycles. The topological polar surface area (TPSA) is 81.3 Å². The fourth-order valence-corrected chi connectivity index (χ4v) is 2.72. The highest BCUT2D eigenvalue weighted by molar-refractivity contribution is 5.91. The molecule has 1 aliphatic rings. The summed E-state index contributed by atoms with van der Waals surface area (Å²) in [5.74, 6) is 1.05. The minimum absolute atomic E-state index is 0.110. The van der Waals surface area contributed by atoms with E-state index in [2.05, 4.69) is 15.5 Å². The maximum Gasteiger partial charge on any atom is 0.244 e. The van der Waals surface area contributed by atoms with Gasteiger partial charge in [0.1, 0.15) is 0 Å². The van der Waals surface area contributed by atoms with Crippen LogP contribution in [-0.2, 0) is 14.3 Å².